The van der Waals surface area contributed by atoms with Gasteiger partial charge in [0.1, 0.15) is 12.7 Å². The second kappa shape index (κ2) is 8.42. The highest BCUT2D eigenvalue weighted by Crippen LogP contribution is 2.12. The fourth-order valence-electron chi connectivity index (χ4n) is 1.01. The molecule has 0 radical (unpaired) electrons. The zero-order valence-electron chi connectivity index (χ0n) is 8.04. The van der Waals surface area contributed by atoms with Gasteiger partial charge in [-0.2, -0.15) is 0 Å². The monoisotopic (exact) mass is 260 g/mol. The quantitative estimate of drug-likeness (QED) is 0.611. The van der Waals surface area contributed by atoms with E-state index in [-0.39, 0.29) is 36.1 Å². The smallest absolute Gasteiger partial charge is 0.342 e. The molecule has 0 aromatic carbocycles. The first-order chi connectivity index (χ1) is 5.66. The van der Waals surface area contributed by atoms with Gasteiger partial charge >= 0.3 is 5.82 Å². The minimum Gasteiger partial charge on any atom is -0.412 e. The SMILES string of the molecule is Cc1ncc([N+](=O)[O-])n1CCN.Cl.Cl.O. The fraction of sp³-hybridized carbons (Fsp3) is 0.500. The van der Waals surface area contributed by atoms with Crippen LogP contribution in [0.25, 0.3) is 0 Å². The average molecular weight is 261 g/mol. The largest absolute Gasteiger partial charge is 0.412 e. The van der Waals surface area contributed by atoms with Crippen molar-refractivity contribution in [3.05, 3.63) is 22.1 Å². The van der Waals surface area contributed by atoms with E-state index in [1.807, 2.05) is 0 Å². The number of halogens is 2. The van der Waals surface area contributed by atoms with E-state index in [1.54, 1.807) is 6.92 Å². The summed E-state index contributed by atoms with van der Waals surface area (Å²) in [5.41, 5.74) is 5.29. The van der Waals surface area contributed by atoms with E-state index in [2.05, 4.69) is 4.98 Å². The van der Waals surface area contributed by atoms with Crippen molar-refractivity contribution in [3.63, 3.8) is 0 Å². The molecule has 7 nitrogen and oxygen atoms in total. The maximum Gasteiger partial charge on any atom is 0.342 e. The van der Waals surface area contributed by atoms with Crippen LogP contribution in [0.15, 0.2) is 6.20 Å². The first kappa shape index (κ1) is 19.6. The molecule has 0 saturated carbocycles. The first-order valence-electron chi connectivity index (χ1n) is 3.53. The Morgan fingerprint density at radius 1 is 1.60 bits per heavy atom. The Morgan fingerprint density at radius 2 is 2.13 bits per heavy atom. The van der Waals surface area contributed by atoms with Gasteiger partial charge in [-0.15, -0.1) is 24.8 Å². The summed E-state index contributed by atoms with van der Waals surface area (Å²) >= 11 is 0. The molecule has 0 unspecified atom stereocenters. The van der Waals surface area contributed by atoms with Crippen LogP contribution in [0.1, 0.15) is 5.82 Å². The molecule has 1 aromatic heterocycles. The lowest BCUT2D eigenvalue weighted by Crippen LogP contribution is -2.12. The van der Waals surface area contributed by atoms with Crippen molar-refractivity contribution < 1.29 is 10.4 Å². The number of nitrogens with zero attached hydrogens (tertiary/aromatic N) is 3. The van der Waals surface area contributed by atoms with Crippen molar-refractivity contribution in [2.75, 3.05) is 6.54 Å². The molecule has 0 atom stereocenters. The molecule has 4 N–H and O–H groups in total. The summed E-state index contributed by atoms with van der Waals surface area (Å²) in [4.78, 5) is 13.8. The normalized spacial score (nSPS) is 8.13. The number of aromatic nitrogens is 2. The lowest BCUT2D eigenvalue weighted by Gasteiger charge is -1.99. The van der Waals surface area contributed by atoms with Gasteiger partial charge in [0.05, 0.1) is 0 Å². The molecule has 0 aliphatic carbocycles. The molecule has 9 heteroatoms. The van der Waals surface area contributed by atoms with Crippen LogP contribution < -0.4 is 5.73 Å². The van der Waals surface area contributed by atoms with Crippen molar-refractivity contribution in [2.45, 2.75) is 13.5 Å². The third-order valence-electron chi connectivity index (χ3n) is 1.57. The van der Waals surface area contributed by atoms with Crippen molar-refractivity contribution in [1.82, 2.24) is 9.55 Å². The van der Waals surface area contributed by atoms with Crippen LogP contribution in [-0.4, -0.2) is 26.5 Å². The topological polar surface area (TPSA) is 118 Å². The standard InChI is InChI=1S/C6H10N4O2.2ClH.H2O/c1-5-8-4-6(10(11)12)9(5)3-2-7;;;/h4H,2-3,7H2,1H3;2*1H;1H2. The average Bonchev–Trinajstić information content (AvgIpc) is 2.34. The van der Waals surface area contributed by atoms with E-state index in [1.165, 1.54) is 10.8 Å². The molecule has 0 aliphatic rings. The van der Waals surface area contributed by atoms with Gasteiger partial charge in [0.15, 0.2) is 5.82 Å². The molecule has 15 heavy (non-hydrogen) atoms. The molecule has 1 heterocycles. The van der Waals surface area contributed by atoms with E-state index in [0.717, 1.165) is 0 Å². The maximum atomic E-state index is 10.4. The van der Waals surface area contributed by atoms with Gasteiger partial charge < -0.3 is 21.3 Å². The van der Waals surface area contributed by atoms with Crippen LogP contribution in [0.5, 0.6) is 0 Å². The summed E-state index contributed by atoms with van der Waals surface area (Å²) in [6.07, 6.45) is 1.24. The predicted molar refractivity (Wildman–Crippen MR) is 60.8 cm³/mol. The molecular formula is C6H14Cl2N4O3. The van der Waals surface area contributed by atoms with Gasteiger partial charge in [-0.3, -0.25) is 0 Å². The lowest BCUT2D eigenvalue weighted by molar-refractivity contribution is -0.392. The minimum atomic E-state index is -0.463. The van der Waals surface area contributed by atoms with Crippen molar-refractivity contribution in [1.29, 1.82) is 0 Å². The third-order valence-corrected chi connectivity index (χ3v) is 1.57. The molecule has 0 bridgehead atoms. The van der Waals surface area contributed by atoms with E-state index >= 15 is 0 Å². The Kier molecular flexibility index (Phi) is 11.0. The Balaban J connectivity index is -0.000000480. The summed E-state index contributed by atoms with van der Waals surface area (Å²) in [6.45, 7) is 2.52. The second-order valence-corrected chi connectivity index (χ2v) is 2.36. The zero-order valence-corrected chi connectivity index (χ0v) is 9.68. The summed E-state index contributed by atoms with van der Waals surface area (Å²) in [5, 5.41) is 10.4. The maximum absolute atomic E-state index is 10.4. The minimum absolute atomic E-state index is 0. The highest BCUT2D eigenvalue weighted by Gasteiger charge is 2.15. The lowest BCUT2D eigenvalue weighted by atomic mass is 10.5. The number of nitro groups is 1. The predicted octanol–water partition coefficient (Wildman–Crippen LogP) is 0.0773. The van der Waals surface area contributed by atoms with Gasteiger partial charge in [0.25, 0.3) is 0 Å². The molecule has 1 aromatic rings. The van der Waals surface area contributed by atoms with E-state index in [9.17, 15) is 10.1 Å². The summed E-state index contributed by atoms with van der Waals surface area (Å²) in [5.74, 6) is 0.616. The second-order valence-electron chi connectivity index (χ2n) is 2.36. The number of imidazole rings is 1. The van der Waals surface area contributed by atoms with E-state index < -0.39 is 4.92 Å². The third kappa shape index (κ3) is 4.43. The van der Waals surface area contributed by atoms with Gasteiger partial charge in [0.2, 0.25) is 0 Å². The Bertz CT molecular complexity index is 305. The number of hydrogen-bond donors (Lipinski definition) is 1. The number of aryl methyl sites for hydroxylation is 1. The molecule has 0 spiro atoms. The van der Waals surface area contributed by atoms with Crippen LogP contribution in [0, 0.1) is 17.0 Å². The summed E-state index contributed by atoms with van der Waals surface area (Å²) in [7, 11) is 0. The van der Waals surface area contributed by atoms with Crippen LogP contribution >= 0.6 is 24.8 Å². The molecular weight excluding hydrogens is 247 g/mol. The van der Waals surface area contributed by atoms with E-state index in [4.69, 9.17) is 5.73 Å². The summed E-state index contributed by atoms with van der Waals surface area (Å²) < 4.78 is 1.49. The number of rotatable bonds is 3. The van der Waals surface area contributed by atoms with Gasteiger partial charge in [-0.1, -0.05) is 0 Å². The molecule has 0 fully saturated rings. The first-order valence-corrected chi connectivity index (χ1v) is 3.53. The van der Waals surface area contributed by atoms with Crippen LogP contribution in [-0.2, 0) is 6.54 Å². The van der Waals surface area contributed by atoms with Gasteiger partial charge in [0, 0.05) is 13.5 Å². The van der Waals surface area contributed by atoms with Crippen molar-refractivity contribution in [3.8, 4) is 0 Å². The van der Waals surface area contributed by atoms with Crippen LogP contribution in [0.3, 0.4) is 0 Å². The van der Waals surface area contributed by atoms with E-state index in [0.29, 0.717) is 18.9 Å². The summed E-state index contributed by atoms with van der Waals surface area (Å²) in [6, 6.07) is 0. The highest BCUT2D eigenvalue weighted by molar-refractivity contribution is 5.85. The fourth-order valence-corrected chi connectivity index (χ4v) is 1.01. The van der Waals surface area contributed by atoms with Gasteiger partial charge in [-0.05, 0) is 4.92 Å². The molecule has 0 saturated heterocycles. The number of hydrogen-bond acceptors (Lipinski definition) is 4. The zero-order chi connectivity index (χ0) is 9.14. The van der Waals surface area contributed by atoms with Gasteiger partial charge in [-0.25, -0.2) is 9.55 Å². The molecule has 90 valence electrons. The Morgan fingerprint density at radius 3 is 2.53 bits per heavy atom. The molecule has 0 aliphatic heterocycles. The van der Waals surface area contributed by atoms with Crippen molar-refractivity contribution in [2.24, 2.45) is 5.73 Å². The Hall–Kier alpha value is -0.890. The van der Waals surface area contributed by atoms with Crippen molar-refractivity contribution >= 4 is 30.6 Å². The Labute approximate surface area is 98.9 Å². The number of nitrogens with two attached hydrogens (primary N) is 1. The van der Waals surface area contributed by atoms with Crippen LogP contribution in [0.2, 0.25) is 0 Å². The van der Waals surface area contributed by atoms with Crippen LogP contribution in [0.4, 0.5) is 5.82 Å². The molecule has 0 amide bonds. The molecule has 1 rings (SSSR count). The highest BCUT2D eigenvalue weighted by atomic mass is 35.5.